The number of hydrogen-bond acceptors (Lipinski definition) is 2. The van der Waals surface area contributed by atoms with Gasteiger partial charge in [0.15, 0.2) is 0 Å². The zero-order chi connectivity index (χ0) is 10.8. The van der Waals surface area contributed by atoms with Crippen LogP contribution in [0.25, 0.3) is 0 Å². The van der Waals surface area contributed by atoms with Crippen LogP contribution in [0.4, 0.5) is 0 Å². The molecule has 2 atom stereocenters. The van der Waals surface area contributed by atoms with E-state index in [1.54, 1.807) is 0 Å². The Labute approximate surface area is 95.5 Å². The van der Waals surface area contributed by atoms with Gasteiger partial charge < -0.3 is 5.11 Å². The fourth-order valence-electron chi connectivity index (χ4n) is 2.34. The Kier molecular flexibility index (Phi) is 3.29. The number of nitrogens with zero attached hydrogens (tertiary/aromatic N) is 1. The van der Waals surface area contributed by atoms with E-state index in [1.165, 1.54) is 5.56 Å². The number of rotatable bonds is 2. The quantitative estimate of drug-likeness (QED) is 0.835. The molecule has 0 unspecified atom stereocenters. The summed E-state index contributed by atoms with van der Waals surface area (Å²) in [5.74, 6) is 0.402. The van der Waals surface area contributed by atoms with Crippen LogP contribution in [0.3, 0.4) is 0 Å². The van der Waals surface area contributed by atoms with Gasteiger partial charge in [-0.3, -0.25) is 4.90 Å². The minimum absolute atomic E-state index is 0.279. The van der Waals surface area contributed by atoms with Gasteiger partial charge in [-0.1, -0.05) is 23.7 Å². The maximum Gasteiger partial charge on any atom is 0.0472 e. The van der Waals surface area contributed by atoms with Crippen molar-refractivity contribution in [2.24, 2.45) is 5.92 Å². The van der Waals surface area contributed by atoms with Crippen LogP contribution in [-0.2, 0) is 0 Å². The molecular formula is C12H16ClNO. The lowest BCUT2D eigenvalue weighted by atomic mass is 10.0. The Bertz CT molecular complexity index is 342. The molecule has 3 heteroatoms. The summed E-state index contributed by atoms with van der Waals surface area (Å²) in [6, 6.07) is 8.40. The molecule has 15 heavy (non-hydrogen) atoms. The Balaban J connectivity index is 2.17. The Morgan fingerprint density at radius 1 is 1.53 bits per heavy atom. The second-order valence-corrected chi connectivity index (χ2v) is 4.73. The van der Waals surface area contributed by atoms with Gasteiger partial charge >= 0.3 is 0 Å². The van der Waals surface area contributed by atoms with Crippen LogP contribution in [0.15, 0.2) is 24.3 Å². The average Bonchev–Trinajstić information content (AvgIpc) is 2.60. The molecule has 0 amide bonds. The van der Waals surface area contributed by atoms with Gasteiger partial charge in [0.1, 0.15) is 0 Å². The van der Waals surface area contributed by atoms with Crippen molar-refractivity contribution in [3.05, 3.63) is 34.9 Å². The van der Waals surface area contributed by atoms with E-state index in [9.17, 15) is 0 Å². The van der Waals surface area contributed by atoms with Crippen molar-refractivity contribution >= 4 is 11.6 Å². The zero-order valence-corrected chi connectivity index (χ0v) is 9.61. The molecule has 2 rings (SSSR count). The molecule has 0 aromatic heterocycles. The van der Waals surface area contributed by atoms with E-state index in [-0.39, 0.29) is 6.61 Å². The topological polar surface area (TPSA) is 23.5 Å². The molecule has 1 aromatic rings. The highest BCUT2D eigenvalue weighted by Gasteiger charge is 2.29. The van der Waals surface area contributed by atoms with Crippen molar-refractivity contribution in [3.8, 4) is 0 Å². The predicted molar refractivity (Wildman–Crippen MR) is 62.0 cm³/mol. The molecule has 1 fully saturated rings. The second-order valence-electron chi connectivity index (χ2n) is 4.29. The van der Waals surface area contributed by atoms with Crippen molar-refractivity contribution in [3.63, 3.8) is 0 Å². The van der Waals surface area contributed by atoms with Crippen LogP contribution >= 0.6 is 11.6 Å². The first-order valence-corrected chi connectivity index (χ1v) is 5.65. The monoisotopic (exact) mass is 225 g/mol. The fourth-order valence-corrected chi connectivity index (χ4v) is 2.54. The summed E-state index contributed by atoms with van der Waals surface area (Å²) >= 11 is 5.97. The fraction of sp³-hybridized carbons (Fsp3) is 0.500. The summed E-state index contributed by atoms with van der Waals surface area (Å²) in [5, 5.41) is 9.94. The van der Waals surface area contributed by atoms with Gasteiger partial charge in [0.25, 0.3) is 0 Å². The van der Waals surface area contributed by atoms with Gasteiger partial charge in [-0.05, 0) is 37.1 Å². The smallest absolute Gasteiger partial charge is 0.0472 e. The molecular weight excluding hydrogens is 210 g/mol. The Hall–Kier alpha value is -0.570. The maximum atomic E-state index is 9.15. The molecule has 1 saturated heterocycles. The van der Waals surface area contributed by atoms with Gasteiger partial charge in [0.05, 0.1) is 0 Å². The Morgan fingerprint density at radius 2 is 2.33 bits per heavy atom. The van der Waals surface area contributed by atoms with Crippen molar-refractivity contribution in [1.82, 2.24) is 4.90 Å². The highest BCUT2D eigenvalue weighted by Crippen LogP contribution is 2.34. The van der Waals surface area contributed by atoms with Gasteiger partial charge in [0.2, 0.25) is 0 Å². The van der Waals surface area contributed by atoms with E-state index >= 15 is 0 Å². The van der Waals surface area contributed by atoms with Crippen LogP contribution in [0.1, 0.15) is 18.0 Å². The van der Waals surface area contributed by atoms with Crippen molar-refractivity contribution in [2.45, 2.75) is 12.5 Å². The summed E-state index contributed by atoms with van der Waals surface area (Å²) in [4.78, 5) is 2.28. The molecule has 0 saturated carbocycles. The van der Waals surface area contributed by atoms with E-state index in [0.717, 1.165) is 18.0 Å². The number of benzene rings is 1. The van der Waals surface area contributed by atoms with Crippen LogP contribution in [0.5, 0.6) is 0 Å². The summed E-state index contributed by atoms with van der Waals surface area (Å²) in [6.07, 6.45) is 1.02. The van der Waals surface area contributed by atoms with E-state index in [4.69, 9.17) is 16.7 Å². The largest absolute Gasteiger partial charge is 0.396 e. The van der Waals surface area contributed by atoms with E-state index < -0.39 is 0 Å². The van der Waals surface area contributed by atoms with Crippen LogP contribution in [-0.4, -0.2) is 30.2 Å². The van der Waals surface area contributed by atoms with Gasteiger partial charge in [0, 0.05) is 24.2 Å². The highest BCUT2D eigenvalue weighted by atomic mass is 35.5. The molecule has 0 radical (unpaired) electrons. The molecule has 1 aliphatic rings. The Morgan fingerprint density at radius 3 is 2.93 bits per heavy atom. The summed E-state index contributed by atoms with van der Waals surface area (Å²) in [5.41, 5.74) is 1.25. The molecule has 0 aliphatic carbocycles. The van der Waals surface area contributed by atoms with Crippen LogP contribution in [0, 0.1) is 5.92 Å². The molecule has 1 N–H and O–H groups in total. The van der Waals surface area contributed by atoms with Gasteiger partial charge in [-0.2, -0.15) is 0 Å². The van der Waals surface area contributed by atoms with Crippen LogP contribution in [0.2, 0.25) is 5.02 Å². The first-order chi connectivity index (χ1) is 7.20. The van der Waals surface area contributed by atoms with Crippen molar-refractivity contribution in [2.75, 3.05) is 20.2 Å². The SMILES string of the molecule is CN1C[C@@H](CO)C[C@@H]1c1cccc(Cl)c1. The zero-order valence-electron chi connectivity index (χ0n) is 8.86. The standard InChI is InChI=1S/C12H16ClNO/c1-14-7-9(8-15)5-12(14)10-3-2-4-11(13)6-10/h2-4,6,9,12,15H,5,7-8H2,1H3/t9-,12+/m0/s1. The van der Waals surface area contributed by atoms with Crippen LogP contribution < -0.4 is 0 Å². The molecule has 82 valence electrons. The lowest BCUT2D eigenvalue weighted by molar-refractivity contribution is 0.227. The third-order valence-corrected chi connectivity index (χ3v) is 3.36. The first-order valence-electron chi connectivity index (χ1n) is 5.27. The number of halogens is 1. The molecule has 0 spiro atoms. The minimum atomic E-state index is 0.279. The number of hydrogen-bond donors (Lipinski definition) is 1. The number of aliphatic hydroxyl groups is 1. The van der Waals surface area contributed by atoms with Gasteiger partial charge in [-0.15, -0.1) is 0 Å². The van der Waals surface area contributed by atoms with Crippen molar-refractivity contribution < 1.29 is 5.11 Å². The summed E-state index contributed by atoms with van der Waals surface area (Å²) in [6.45, 7) is 1.25. The summed E-state index contributed by atoms with van der Waals surface area (Å²) < 4.78 is 0. The number of aliphatic hydroxyl groups excluding tert-OH is 1. The normalized spacial score (nSPS) is 27.1. The highest BCUT2D eigenvalue weighted by molar-refractivity contribution is 6.30. The molecule has 1 aliphatic heterocycles. The molecule has 1 aromatic carbocycles. The second kappa shape index (κ2) is 4.52. The lowest BCUT2D eigenvalue weighted by Gasteiger charge is -2.19. The third kappa shape index (κ3) is 2.33. The average molecular weight is 226 g/mol. The summed E-state index contributed by atoms with van der Waals surface area (Å²) in [7, 11) is 2.10. The first kappa shape index (κ1) is 10.9. The molecule has 0 bridgehead atoms. The van der Waals surface area contributed by atoms with Gasteiger partial charge in [-0.25, -0.2) is 0 Å². The number of likely N-dealkylation sites (tertiary alicyclic amines) is 1. The lowest BCUT2D eigenvalue weighted by Crippen LogP contribution is -2.18. The van der Waals surface area contributed by atoms with E-state index in [1.807, 2.05) is 18.2 Å². The third-order valence-electron chi connectivity index (χ3n) is 3.13. The molecule has 1 heterocycles. The van der Waals surface area contributed by atoms with E-state index in [2.05, 4.69) is 18.0 Å². The predicted octanol–water partition coefficient (Wildman–Crippen LogP) is 2.33. The minimum Gasteiger partial charge on any atom is -0.396 e. The van der Waals surface area contributed by atoms with E-state index in [0.29, 0.717) is 12.0 Å². The molecule has 2 nitrogen and oxygen atoms in total. The van der Waals surface area contributed by atoms with Crippen molar-refractivity contribution in [1.29, 1.82) is 0 Å². The maximum absolute atomic E-state index is 9.15.